The van der Waals surface area contributed by atoms with Crippen molar-refractivity contribution in [1.82, 2.24) is 4.90 Å². The van der Waals surface area contributed by atoms with Gasteiger partial charge in [0.2, 0.25) is 0 Å². The van der Waals surface area contributed by atoms with Crippen LogP contribution in [0.2, 0.25) is 0 Å². The van der Waals surface area contributed by atoms with Crippen molar-refractivity contribution >= 4 is 0 Å². The highest BCUT2D eigenvalue weighted by Crippen LogP contribution is 2.13. The highest BCUT2D eigenvalue weighted by molar-refractivity contribution is 4.78. The SMILES string of the molecule is CCC(C)N(C)C(CN)C(C)COC. The molecule has 3 heteroatoms. The number of likely N-dealkylation sites (N-methyl/N-ethyl adjacent to an activating group) is 1. The summed E-state index contributed by atoms with van der Waals surface area (Å²) in [6.45, 7) is 8.12. The first-order valence-electron chi connectivity index (χ1n) is 5.49. The minimum absolute atomic E-state index is 0.421. The van der Waals surface area contributed by atoms with Gasteiger partial charge in [-0.05, 0) is 26.3 Å². The van der Waals surface area contributed by atoms with Gasteiger partial charge in [-0.15, -0.1) is 0 Å². The summed E-state index contributed by atoms with van der Waals surface area (Å²) >= 11 is 0. The Kier molecular flexibility index (Phi) is 7.15. The standard InChI is InChI=1S/C11H26N2O/c1-6-10(3)13(4)11(7-12)9(2)8-14-5/h9-11H,6-8,12H2,1-5H3. The quantitative estimate of drug-likeness (QED) is 0.677. The Morgan fingerprint density at radius 3 is 2.29 bits per heavy atom. The molecule has 0 aromatic rings. The molecule has 0 aromatic heterocycles. The van der Waals surface area contributed by atoms with Gasteiger partial charge in [-0.2, -0.15) is 0 Å². The molecule has 0 fully saturated rings. The number of methoxy groups -OCH3 is 1. The summed E-state index contributed by atoms with van der Waals surface area (Å²) in [6.07, 6.45) is 1.16. The van der Waals surface area contributed by atoms with E-state index in [1.165, 1.54) is 0 Å². The molecule has 0 rings (SSSR count). The van der Waals surface area contributed by atoms with E-state index >= 15 is 0 Å². The second-order valence-electron chi connectivity index (χ2n) is 4.16. The van der Waals surface area contributed by atoms with E-state index in [0.717, 1.165) is 13.0 Å². The molecular formula is C11H26N2O. The van der Waals surface area contributed by atoms with E-state index in [4.69, 9.17) is 10.5 Å². The van der Waals surface area contributed by atoms with E-state index in [9.17, 15) is 0 Å². The van der Waals surface area contributed by atoms with E-state index in [0.29, 0.717) is 24.5 Å². The second kappa shape index (κ2) is 7.21. The highest BCUT2D eigenvalue weighted by Gasteiger charge is 2.22. The number of ether oxygens (including phenoxy) is 1. The molecule has 86 valence electrons. The van der Waals surface area contributed by atoms with Gasteiger partial charge in [0.25, 0.3) is 0 Å². The van der Waals surface area contributed by atoms with Gasteiger partial charge in [-0.25, -0.2) is 0 Å². The van der Waals surface area contributed by atoms with E-state index in [-0.39, 0.29) is 0 Å². The van der Waals surface area contributed by atoms with Gasteiger partial charge in [0.15, 0.2) is 0 Å². The molecule has 0 radical (unpaired) electrons. The van der Waals surface area contributed by atoms with Crippen molar-refractivity contribution in [1.29, 1.82) is 0 Å². The smallest absolute Gasteiger partial charge is 0.0503 e. The maximum absolute atomic E-state index is 5.80. The molecule has 0 bridgehead atoms. The van der Waals surface area contributed by atoms with Gasteiger partial charge in [0.1, 0.15) is 0 Å². The van der Waals surface area contributed by atoms with Crippen LogP contribution in [-0.4, -0.2) is 44.3 Å². The van der Waals surface area contributed by atoms with Crippen LogP contribution in [-0.2, 0) is 4.74 Å². The Labute approximate surface area is 88.6 Å². The summed E-state index contributed by atoms with van der Waals surface area (Å²) in [5.74, 6) is 0.490. The zero-order valence-corrected chi connectivity index (χ0v) is 10.3. The van der Waals surface area contributed by atoms with Crippen molar-refractivity contribution in [3.05, 3.63) is 0 Å². The van der Waals surface area contributed by atoms with Crippen LogP contribution < -0.4 is 5.73 Å². The van der Waals surface area contributed by atoms with Crippen molar-refractivity contribution in [2.24, 2.45) is 11.7 Å². The Hall–Kier alpha value is -0.120. The molecule has 0 aromatic carbocycles. The van der Waals surface area contributed by atoms with E-state index in [1.54, 1.807) is 7.11 Å². The highest BCUT2D eigenvalue weighted by atomic mass is 16.5. The molecule has 0 aliphatic heterocycles. The predicted octanol–water partition coefficient (Wildman–Crippen LogP) is 1.33. The van der Waals surface area contributed by atoms with Crippen LogP contribution in [0.5, 0.6) is 0 Å². The topological polar surface area (TPSA) is 38.5 Å². The third kappa shape index (κ3) is 3.95. The summed E-state index contributed by atoms with van der Waals surface area (Å²) in [5.41, 5.74) is 5.80. The Morgan fingerprint density at radius 1 is 1.36 bits per heavy atom. The largest absolute Gasteiger partial charge is 0.384 e. The summed E-state index contributed by atoms with van der Waals surface area (Å²) in [7, 11) is 3.89. The lowest BCUT2D eigenvalue weighted by Gasteiger charge is -2.35. The number of nitrogens with two attached hydrogens (primary N) is 1. The molecule has 14 heavy (non-hydrogen) atoms. The summed E-state index contributed by atoms with van der Waals surface area (Å²) in [4.78, 5) is 2.36. The van der Waals surface area contributed by atoms with Crippen molar-refractivity contribution in [2.45, 2.75) is 39.3 Å². The molecule has 3 atom stereocenters. The first kappa shape index (κ1) is 13.9. The predicted molar refractivity (Wildman–Crippen MR) is 61.4 cm³/mol. The van der Waals surface area contributed by atoms with Crippen LogP contribution in [0.3, 0.4) is 0 Å². The number of nitrogens with zero attached hydrogens (tertiary/aromatic N) is 1. The van der Waals surface area contributed by atoms with Crippen molar-refractivity contribution in [2.75, 3.05) is 27.3 Å². The Balaban J connectivity index is 4.23. The molecule has 0 saturated heterocycles. The molecule has 2 N–H and O–H groups in total. The van der Waals surface area contributed by atoms with Crippen molar-refractivity contribution in [3.8, 4) is 0 Å². The van der Waals surface area contributed by atoms with Gasteiger partial charge in [-0.1, -0.05) is 13.8 Å². The van der Waals surface area contributed by atoms with Gasteiger partial charge < -0.3 is 10.5 Å². The Bertz CT molecular complexity index is 141. The molecule has 0 spiro atoms. The number of hydrogen-bond donors (Lipinski definition) is 1. The number of rotatable bonds is 7. The fraction of sp³-hybridized carbons (Fsp3) is 1.00. The minimum atomic E-state index is 0.421. The molecule has 0 heterocycles. The molecule has 0 aliphatic carbocycles. The zero-order valence-electron chi connectivity index (χ0n) is 10.3. The van der Waals surface area contributed by atoms with Crippen LogP contribution >= 0.6 is 0 Å². The van der Waals surface area contributed by atoms with Crippen LogP contribution in [0.1, 0.15) is 27.2 Å². The first-order valence-corrected chi connectivity index (χ1v) is 5.49. The third-order valence-corrected chi connectivity index (χ3v) is 3.14. The van der Waals surface area contributed by atoms with Gasteiger partial charge in [0, 0.05) is 25.7 Å². The molecular weight excluding hydrogens is 176 g/mol. The van der Waals surface area contributed by atoms with Crippen LogP contribution in [0.15, 0.2) is 0 Å². The third-order valence-electron chi connectivity index (χ3n) is 3.14. The Morgan fingerprint density at radius 2 is 1.93 bits per heavy atom. The second-order valence-corrected chi connectivity index (χ2v) is 4.16. The van der Waals surface area contributed by atoms with Gasteiger partial charge in [0.05, 0.1) is 6.61 Å². The van der Waals surface area contributed by atoms with E-state index in [1.807, 2.05) is 0 Å². The molecule has 3 unspecified atom stereocenters. The van der Waals surface area contributed by atoms with E-state index in [2.05, 4.69) is 32.7 Å². The monoisotopic (exact) mass is 202 g/mol. The molecule has 3 nitrogen and oxygen atoms in total. The molecule has 0 amide bonds. The van der Waals surface area contributed by atoms with Crippen LogP contribution in [0, 0.1) is 5.92 Å². The van der Waals surface area contributed by atoms with Gasteiger partial charge in [-0.3, -0.25) is 4.90 Å². The lowest BCUT2D eigenvalue weighted by Crippen LogP contribution is -2.47. The fourth-order valence-corrected chi connectivity index (χ4v) is 1.79. The minimum Gasteiger partial charge on any atom is -0.384 e. The normalized spacial score (nSPS) is 18.2. The summed E-state index contributed by atoms with van der Waals surface area (Å²) in [5, 5.41) is 0. The van der Waals surface area contributed by atoms with Crippen molar-refractivity contribution < 1.29 is 4.74 Å². The molecule has 0 aliphatic rings. The van der Waals surface area contributed by atoms with Crippen molar-refractivity contribution in [3.63, 3.8) is 0 Å². The summed E-state index contributed by atoms with van der Waals surface area (Å²) < 4.78 is 5.17. The average Bonchev–Trinajstić information content (AvgIpc) is 2.18. The maximum atomic E-state index is 5.80. The van der Waals surface area contributed by atoms with Crippen LogP contribution in [0.4, 0.5) is 0 Å². The lowest BCUT2D eigenvalue weighted by atomic mass is 10.00. The van der Waals surface area contributed by atoms with Gasteiger partial charge >= 0.3 is 0 Å². The molecule has 0 saturated carbocycles. The fourth-order valence-electron chi connectivity index (χ4n) is 1.79. The number of hydrogen-bond acceptors (Lipinski definition) is 3. The average molecular weight is 202 g/mol. The maximum Gasteiger partial charge on any atom is 0.0503 e. The van der Waals surface area contributed by atoms with E-state index < -0.39 is 0 Å². The first-order chi connectivity index (χ1) is 6.58. The lowest BCUT2D eigenvalue weighted by molar-refractivity contribution is 0.0793. The van der Waals surface area contributed by atoms with Crippen LogP contribution in [0.25, 0.3) is 0 Å². The zero-order chi connectivity index (χ0) is 11.1. The summed E-state index contributed by atoms with van der Waals surface area (Å²) in [6, 6.07) is 1.01.